The Morgan fingerprint density at radius 2 is 1.59 bits per heavy atom. The van der Waals surface area contributed by atoms with Gasteiger partial charge in [0.15, 0.2) is 0 Å². The predicted octanol–water partition coefficient (Wildman–Crippen LogP) is 3.69. The summed E-state index contributed by atoms with van der Waals surface area (Å²) in [4.78, 5) is 38.6. The Hall–Kier alpha value is -3.55. The molecule has 0 spiro atoms. The average Bonchev–Trinajstić information content (AvgIpc) is 3.20. The van der Waals surface area contributed by atoms with Crippen LogP contribution in [0.5, 0.6) is 11.5 Å². The SMILES string of the molecule is CCOc1cc(NC(=O)c2ccccc2)c(OCC)cc1NC(=O)CCN1CCCC1=O. The summed E-state index contributed by atoms with van der Waals surface area (Å²) in [6.07, 6.45) is 1.57. The molecule has 1 heterocycles. The third kappa shape index (κ3) is 6.00. The van der Waals surface area contributed by atoms with E-state index in [4.69, 9.17) is 9.47 Å². The van der Waals surface area contributed by atoms with E-state index < -0.39 is 0 Å². The Kier molecular flexibility index (Phi) is 8.08. The van der Waals surface area contributed by atoms with E-state index in [-0.39, 0.29) is 24.1 Å². The molecular weight excluding hydrogens is 410 g/mol. The van der Waals surface area contributed by atoms with Gasteiger partial charge in [0, 0.05) is 43.6 Å². The van der Waals surface area contributed by atoms with Crippen LogP contribution in [0.15, 0.2) is 42.5 Å². The van der Waals surface area contributed by atoms with Crippen LogP contribution in [0.1, 0.15) is 43.5 Å². The van der Waals surface area contributed by atoms with Crippen molar-refractivity contribution < 1.29 is 23.9 Å². The third-order valence-corrected chi connectivity index (χ3v) is 5.02. The van der Waals surface area contributed by atoms with Gasteiger partial charge in [0.25, 0.3) is 5.91 Å². The minimum absolute atomic E-state index is 0.0879. The minimum Gasteiger partial charge on any atom is -0.492 e. The van der Waals surface area contributed by atoms with Gasteiger partial charge in [-0.05, 0) is 32.4 Å². The molecule has 0 saturated carbocycles. The molecule has 8 nitrogen and oxygen atoms in total. The smallest absolute Gasteiger partial charge is 0.255 e. The first-order valence-electron chi connectivity index (χ1n) is 10.9. The molecule has 0 unspecified atom stereocenters. The molecule has 0 radical (unpaired) electrons. The first kappa shape index (κ1) is 23.1. The molecule has 1 aliphatic heterocycles. The van der Waals surface area contributed by atoms with Crippen LogP contribution in [0.25, 0.3) is 0 Å². The molecule has 1 saturated heterocycles. The number of likely N-dealkylation sites (tertiary alicyclic amines) is 1. The number of amides is 3. The highest BCUT2D eigenvalue weighted by molar-refractivity contribution is 6.05. The van der Waals surface area contributed by atoms with Gasteiger partial charge in [0.05, 0.1) is 24.6 Å². The molecule has 0 bridgehead atoms. The van der Waals surface area contributed by atoms with Gasteiger partial charge in [0.2, 0.25) is 11.8 Å². The Balaban J connectivity index is 1.77. The third-order valence-electron chi connectivity index (χ3n) is 5.02. The van der Waals surface area contributed by atoms with Gasteiger partial charge in [-0.15, -0.1) is 0 Å². The van der Waals surface area contributed by atoms with Crippen molar-refractivity contribution in [2.75, 3.05) is 36.9 Å². The summed E-state index contributed by atoms with van der Waals surface area (Å²) in [5, 5.41) is 5.71. The van der Waals surface area contributed by atoms with E-state index in [1.54, 1.807) is 41.3 Å². The van der Waals surface area contributed by atoms with Gasteiger partial charge in [-0.1, -0.05) is 18.2 Å². The molecule has 1 fully saturated rings. The van der Waals surface area contributed by atoms with Crippen molar-refractivity contribution in [2.45, 2.75) is 33.1 Å². The topological polar surface area (TPSA) is 97.0 Å². The van der Waals surface area contributed by atoms with Crippen LogP contribution in [0.4, 0.5) is 11.4 Å². The molecule has 0 aromatic heterocycles. The van der Waals surface area contributed by atoms with E-state index in [0.29, 0.717) is 61.2 Å². The van der Waals surface area contributed by atoms with E-state index in [2.05, 4.69) is 10.6 Å². The van der Waals surface area contributed by atoms with Crippen LogP contribution in [-0.2, 0) is 9.59 Å². The quantitative estimate of drug-likeness (QED) is 0.589. The Morgan fingerprint density at radius 3 is 2.16 bits per heavy atom. The fraction of sp³-hybridized carbons (Fsp3) is 0.375. The number of rotatable bonds is 10. The molecule has 32 heavy (non-hydrogen) atoms. The first-order chi connectivity index (χ1) is 15.5. The van der Waals surface area contributed by atoms with Crippen LogP contribution < -0.4 is 20.1 Å². The molecule has 3 amide bonds. The molecule has 2 aromatic carbocycles. The van der Waals surface area contributed by atoms with Gasteiger partial charge >= 0.3 is 0 Å². The van der Waals surface area contributed by atoms with Gasteiger partial charge in [-0.25, -0.2) is 0 Å². The molecular formula is C24H29N3O5. The van der Waals surface area contributed by atoms with Crippen molar-refractivity contribution in [1.82, 2.24) is 4.90 Å². The maximum atomic E-state index is 12.6. The molecule has 0 aliphatic carbocycles. The lowest BCUT2D eigenvalue weighted by Gasteiger charge is -2.19. The summed E-state index contributed by atoms with van der Waals surface area (Å²) in [6.45, 7) is 5.52. The second-order valence-electron chi connectivity index (χ2n) is 7.31. The molecule has 2 aromatic rings. The van der Waals surface area contributed by atoms with E-state index in [1.165, 1.54) is 0 Å². The van der Waals surface area contributed by atoms with Crippen LogP contribution in [0.2, 0.25) is 0 Å². The Labute approximate surface area is 187 Å². The van der Waals surface area contributed by atoms with E-state index in [9.17, 15) is 14.4 Å². The molecule has 0 atom stereocenters. The number of carbonyl (C=O) groups excluding carboxylic acids is 3. The lowest BCUT2D eigenvalue weighted by molar-refractivity contribution is -0.128. The minimum atomic E-state index is -0.277. The van der Waals surface area contributed by atoms with Gasteiger partial charge in [-0.3, -0.25) is 14.4 Å². The van der Waals surface area contributed by atoms with Gasteiger partial charge in [-0.2, -0.15) is 0 Å². The Morgan fingerprint density at radius 1 is 0.969 bits per heavy atom. The van der Waals surface area contributed by atoms with Crippen molar-refractivity contribution >= 4 is 29.1 Å². The van der Waals surface area contributed by atoms with Crippen molar-refractivity contribution in [3.63, 3.8) is 0 Å². The molecule has 170 valence electrons. The van der Waals surface area contributed by atoms with E-state index >= 15 is 0 Å². The fourth-order valence-electron chi connectivity index (χ4n) is 3.48. The Bertz CT molecular complexity index is 962. The zero-order valence-corrected chi connectivity index (χ0v) is 18.5. The first-order valence-corrected chi connectivity index (χ1v) is 10.9. The van der Waals surface area contributed by atoms with Crippen LogP contribution in [-0.4, -0.2) is 48.9 Å². The summed E-state index contributed by atoms with van der Waals surface area (Å²) >= 11 is 0. The van der Waals surface area contributed by atoms with E-state index in [0.717, 1.165) is 6.42 Å². The lowest BCUT2D eigenvalue weighted by atomic mass is 10.2. The molecule has 3 rings (SSSR count). The zero-order valence-electron chi connectivity index (χ0n) is 18.5. The number of nitrogens with zero attached hydrogens (tertiary/aromatic N) is 1. The molecule has 1 aliphatic rings. The highest BCUT2D eigenvalue weighted by Gasteiger charge is 2.21. The number of anilines is 2. The number of hydrogen-bond donors (Lipinski definition) is 2. The van der Waals surface area contributed by atoms with Crippen molar-refractivity contribution in [1.29, 1.82) is 0 Å². The maximum absolute atomic E-state index is 12.6. The highest BCUT2D eigenvalue weighted by Crippen LogP contribution is 2.37. The van der Waals surface area contributed by atoms with Gasteiger partial charge < -0.3 is 25.0 Å². The van der Waals surface area contributed by atoms with Crippen molar-refractivity contribution in [2.24, 2.45) is 0 Å². The monoisotopic (exact) mass is 439 g/mol. The second-order valence-corrected chi connectivity index (χ2v) is 7.31. The van der Waals surface area contributed by atoms with Crippen molar-refractivity contribution in [3.05, 3.63) is 48.0 Å². The number of ether oxygens (including phenoxy) is 2. The van der Waals surface area contributed by atoms with Gasteiger partial charge in [0.1, 0.15) is 11.5 Å². The summed E-state index contributed by atoms with van der Waals surface area (Å²) in [6, 6.07) is 12.2. The molecule has 8 heteroatoms. The maximum Gasteiger partial charge on any atom is 0.255 e. The second kappa shape index (κ2) is 11.2. The van der Waals surface area contributed by atoms with Crippen LogP contribution >= 0.6 is 0 Å². The fourth-order valence-corrected chi connectivity index (χ4v) is 3.48. The zero-order chi connectivity index (χ0) is 22.9. The largest absolute Gasteiger partial charge is 0.492 e. The lowest BCUT2D eigenvalue weighted by Crippen LogP contribution is -2.28. The summed E-state index contributed by atoms with van der Waals surface area (Å²) in [5.74, 6) is 0.426. The highest BCUT2D eigenvalue weighted by atomic mass is 16.5. The summed E-state index contributed by atoms with van der Waals surface area (Å²) in [5.41, 5.74) is 1.41. The number of carbonyl (C=O) groups is 3. The molecule has 2 N–H and O–H groups in total. The number of nitrogens with one attached hydrogen (secondary N) is 2. The number of benzene rings is 2. The number of hydrogen-bond acceptors (Lipinski definition) is 5. The van der Waals surface area contributed by atoms with E-state index in [1.807, 2.05) is 19.9 Å². The van der Waals surface area contributed by atoms with Crippen molar-refractivity contribution in [3.8, 4) is 11.5 Å². The average molecular weight is 440 g/mol. The normalized spacial score (nSPS) is 13.1. The van der Waals surface area contributed by atoms with Crippen LogP contribution in [0, 0.1) is 0 Å². The van der Waals surface area contributed by atoms with Crippen LogP contribution in [0.3, 0.4) is 0 Å². The summed E-state index contributed by atoms with van der Waals surface area (Å²) < 4.78 is 11.4. The summed E-state index contributed by atoms with van der Waals surface area (Å²) in [7, 11) is 0. The predicted molar refractivity (Wildman–Crippen MR) is 122 cm³/mol. The standard InChI is InChI=1S/C24H29N3O5/c1-3-31-20-16-19(26-24(30)17-9-6-5-7-10-17)21(32-4-2)15-18(20)25-22(28)12-14-27-13-8-11-23(27)29/h5-7,9-10,15-16H,3-4,8,11-14H2,1-2H3,(H,25,28)(H,26,30).